The summed E-state index contributed by atoms with van der Waals surface area (Å²) in [7, 11) is 0. The van der Waals surface area contributed by atoms with E-state index in [4.69, 9.17) is 34.8 Å². The van der Waals surface area contributed by atoms with Crippen LogP contribution in [0.25, 0.3) is 0 Å². The normalized spacial score (nSPS) is 10.9. The lowest BCUT2D eigenvalue weighted by atomic mass is 10.3. The monoisotopic (exact) mass is 215 g/mol. The van der Waals surface area contributed by atoms with Crippen LogP contribution in [-0.4, -0.2) is 16.2 Å². The van der Waals surface area contributed by atoms with Gasteiger partial charge >= 0.3 is 0 Å². The van der Waals surface area contributed by atoms with Crippen molar-refractivity contribution in [3.63, 3.8) is 0 Å². The molecule has 0 spiro atoms. The molecule has 0 saturated carbocycles. The molecule has 0 aromatic heterocycles. The zero-order chi connectivity index (χ0) is 9.07. The molecule has 1 N–H and O–H groups in total. The zero-order valence-electron chi connectivity index (χ0n) is 5.96. The Morgan fingerprint density at radius 3 is 2.27 bits per heavy atom. The predicted octanol–water partition coefficient (Wildman–Crippen LogP) is 2.05. The maximum atomic E-state index is 10.8. The summed E-state index contributed by atoms with van der Waals surface area (Å²) >= 11 is 15.8. The van der Waals surface area contributed by atoms with Crippen molar-refractivity contribution in [1.82, 2.24) is 5.32 Å². The van der Waals surface area contributed by atoms with Gasteiger partial charge in [-0.3, -0.25) is 4.79 Å². The van der Waals surface area contributed by atoms with Crippen molar-refractivity contribution in [3.05, 3.63) is 12.2 Å². The van der Waals surface area contributed by atoms with Crippen molar-refractivity contribution >= 4 is 40.7 Å². The van der Waals surface area contributed by atoms with Gasteiger partial charge < -0.3 is 5.32 Å². The van der Waals surface area contributed by atoms with Gasteiger partial charge in [-0.2, -0.15) is 0 Å². The number of carbonyl (C=O) groups excluding carboxylic acids is 1. The Morgan fingerprint density at radius 1 is 1.55 bits per heavy atom. The Bertz CT molecular complexity index is 173. The van der Waals surface area contributed by atoms with E-state index in [1.165, 1.54) is 0 Å². The van der Waals surface area contributed by atoms with Gasteiger partial charge in [0.2, 0.25) is 0 Å². The second kappa shape index (κ2) is 4.19. The molecule has 0 radical (unpaired) electrons. The van der Waals surface area contributed by atoms with Crippen molar-refractivity contribution in [2.24, 2.45) is 0 Å². The highest BCUT2D eigenvalue weighted by molar-refractivity contribution is 6.76. The van der Waals surface area contributed by atoms with E-state index in [-0.39, 0.29) is 0 Å². The average molecular weight is 216 g/mol. The number of rotatable bonds is 2. The summed E-state index contributed by atoms with van der Waals surface area (Å²) in [6.45, 7) is 5.65. The molecule has 0 fully saturated rings. The molecule has 0 saturated heterocycles. The molecule has 0 rings (SSSR count). The minimum Gasteiger partial charge on any atom is -0.349 e. The third kappa shape index (κ3) is 5.36. The molecule has 64 valence electrons. The molecule has 11 heavy (non-hydrogen) atoms. The fourth-order valence-electron chi connectivity index (χ4n) is 0.331. The molecule has 1 amide bonds. The number of nitrogens with one attached hydrogen (secondary N) is 1. The maximum Gasteiger partial charge on any atom is 0.272 e. The summed E-state index contributed by atoms with van der Waals surface area (Å²) < 4.78 is -1.88. The third-order valence-corrected chi connectivity index (χ3v) is 1.32. The van der Waals surface area contributed by atoms with Gasteiger partial charge in [-0.05, 0) is 6.92 Å². The smallest absolute Gasteiger partial charge is 0.272 e. The second-order valence-corrected chi connectivity index (χ2v) is 4.42. The molecule has 0 aliphatic rings. The van der Waals surface area contributed by atoms with E-state index in [0.717, 1.165) is 5.57 Å². The van der Waals surface area contributed by atoms with Gasteiger partial charge in [-0.1, -0.05) is 47.0 Å². The number of hydrogen-bond acceptors (Lipinski definition) is 1. The van der Waals surface area contributed by atoms with Gasteiger partial charge in [0.15, 0.2) is 0 Å². The van der Waals surface area contributed by atoms with Crippen LogP contribution in [0.2, 0.25) is 0 Å². The van der Waals surface area contributed by atoms with Crippen LogP contribution in [0.5, 0.6) is 0 Å². The molecular formula is C6H8Cl3NO. The van der Waals surface area contributed by atoms with Crippen molar-refractivity contribution in [3.8, 4) is 0 Å². The Balaban J connectivity index is 3.80. The fraction of sp³-hybridized carbons (Fsp3) is 0.500. The van der Waals surface area contributed by atoms with Crippen molar-refractivity contribution in [2.45, 2.75) is 10.7 Å². The van der Waals surface area contributed by atoms with Crippen LogP contribution in [0.1, 0.15) is 6.92 Å². The van der Waals surface area contributed by atoms with E-state index in [2.05, 4.69) is 11.9 Å². The molecule has 2 nitrogen and oxygen atoms in total. The first-order chi connectivity index (χ1) is 4.84. The van der Waals surface area contributed by atoms with Crippen LogP contribution in [0.3, 0.4) is 0 Å². The minimum atomic E-state index is -1.88. The van der Waals surface area contributed by atoms with Gasteiger partial charge in [0.05, 0.1) is 0 Å². The average Bonchev–Trinajstić information content (AvgIpc) is 1.80. The molecule has 0 atom stereocenters. The molecule has 0 aromatic carbocycles. The van der Waals surface area contributed by atoms with E-state index >= 15 is 0 Å². The lowest BCUT2D eigenvalue weighted by Crippen LogP contribution is -2.35. The van der Waals surface area contributed by atoms with Gasteiger partial charge in [-0.25, -0.2) is 0 Å². The van der Waals surface area contributed by atoms with Crippen LogP contribution in [0.15, 0.2) is 12.2 Å². The van der Waals surface area contributed by atoms with Crippen molar-refractivity contribution in [1.29, 1.82) is 0 Å². The van der Waals surface area contributed by atoms with Gasteiger partial charge in [0.25, 0.3) is 9.70 Å². The highest BCUT2D eigenvalue weighted by Crippen LogP contribution is 2.25. The molecule has 5 heteroatoms. The van der Waals surface area contributed by atoms with E-state index in [1.54, 1.807) is 6.92 Å². The van der Waals surface area contributed by atoms with E-state index in [0.29, 0.717) is 6.54 Å². The van der Waals surface area contributed by atoms with Crippen molar-refractivity contribution < 1.29 is 4.79 Å². The first-order valence-corrected chi connectivity index (χ1v) is 3.97. The molecular weight excluding hydrogens is 208 g/mol. The minimum absolute atomic E-state index is 0.326. The number of amides is 1. The van der Waals surface area contributed by atoms with Crippen molar-refractivity contribution in [2.75, 3.05) is 6.54 Å². The highest BCUT2D eigenvalue weighted by atomic mass is 35.6. The Hall–Kier alpha value is 0.0800. The van der Waals surface area contributed by atoms with Crippen LogP contribution >= 0.6 is 34.8 Å². The zero-order valence-corrected chi connectivity index (χ0v) is 8.22. The van der Waals surface area contributed by atoms with E-state index < -0.39 is 9.70 Å². The molecule has 0 aliphatic carbocycles. The molecule has 0 aromatic rings. The Kier molecular flexibility index (Phi) is 4.22. The summed E-state index contributed by atoms with van der Waals surface area (Å²) in [5, 5.41) is 2.39. The number of halogens is 3. The summed E-state index contributed by atoms with van der Waals surface area (Å²) in [5.41, 5.74) is 0.799. The predicted molar refractivity (Wildman–Crippen MR) is 48.1 cm³/mol. The number of carbonyl (C=O) groups is 1. The summed E-state index contributed by atoms with van der Waals surface area (Å²) in [5.74, 6) is -0.634. The molecule has 0 aliphatic heterocycles. The number of hydrogen-bond donors (Lipinski definition) is 1. The van der Waals surface area contributed by atoms with E-state index in [1.807, 2.05) is 0 Å². The maximum absolute atomic E-state index is 10.8. The van der Waals surface area contributed by atoms with Crippen LogP contribution in [-0.2, 0) is 4.79 Å². The van der Waals surface area contributed by atoms with E-state index in [9.17, 15) is 4.79 Å². The van der Waals surface area contributed by atoms with Gasteiger partial charge in [-0.15, -0.1) is 0 Å². The SMILES string of the molecule is C=C(C)CNC(=O)C(Cl)(Cl)Cl. The molecule has 0 unspecified atom stereocenters. The quantitative estimate of drug-likeness (QED) is 0.555. The summed E-state index contributed by atoms with van der Waals surface area (Å²) in [6, 6.07) is 0. The Labute approximate surface area is 80.5 Å². The topological polar surface area (TPSA) is 29.1 Å². The molecule has 0 bridgehead atoms. The number of alkyl halides is 3. The largest absolute Gasteiger partial charge is 0.349 e. The summed E-state index contributed by atoms with van der Waals surface area (Å²) in [4.78, 5) is 10.8. The first kappa shape index (κ1) is 11.1. The summed E-state index contributed by atoms with van der Waals surface area (Å²) in [6.07, 6.45) is 0. The lowest BCUT2D eigenvalue weighted by molar-refractivity contribution is -0.120. The Morgan fingerprint density at radius 2 is 2.00 bits per heavy atom. The fourth-order valence-corrected chi connectivity index (χ4v) is 0.532. The van der Waals surface area contributed by atoms with Crippen LogP contribution in [0, 0.1) is 0 Å². The van der Waals surface area contributed by atoms with Gasteiger partial charge in [0, 0.05) is 6.54 Å². The third-order valence-electron chi connectivity index (χ3n) is 0.808. The lowest BCUT2D eigenvalue weighted by Gasteiger charge is -2.10. The standard InChI is InChI=1S/C6H8Cl3NO/c1-4(2)3-10-5(11)6(7,8)9/h1,3H2,2H3,(H,10,11). The first-order valence-electron chi connectivity index (χ1n) is 2.83. The van der Waals surface area contributed by atoms with Gasteiger partial charge in [0.1, 0.15) is 0 Å². The second-order valence-electron chi connectivity index (χ2n) is 2.14. The van der Waals surface area contributed by atoms with Crippen LogP contribution < -0.4 is 5.32 Å². The highest BCUT2D eigenvalue weighted by Gasteiger charge is 2.29. The molecule has 0 heterocycles. The van der Waals surface area contributed by atoms with Crippen LogP contribution in [0.4, 0.5) is 0 Å².